The van der Waals surface area contributed by atoms with E-state index in [1.54, 1.807) is 19.1 Å². The second kappa shape index (κ2) is 10.9. The maximum absolute atomic E-state index is 12.6. The van der Waals surface area contributed by atoms with Gasteiger partial charge in [-0.25, -0.2) is 13.2 Å². The average Bonchev–Trinajstić information content (AvgIpc) is 2.67. The van der Waals surface area contributed by atoms with E-state index in [2.05, 4.69) is 10.0 Å². The van der Waals surface area contributed by atoms with Crippen LogP contribution in [0, 0.1) is 0 Å². The molecule has 0 spiro atoms. The number of esters is 1. The van der Waals surface area contributed by atoms with Crippen molar-refractivity contribution in [1.29, 1.82) is 0 Å². The number of anilines is 2. The van der Waals surface area contributed by atoms with E-state index < -0.39 is 34.3 Å². The van der Waals surface area contributed by atoms with Gasteiger partial charge >= 0.3 is 5.97 Å². The molecule has 30 heavy (non-hydrogen) atoms. The topological polar surface area (TPSA) is 102 Å². The maximum atomic E-state index is 12.6. The second-order valence-corrected chi connectivity index (χ2v) is 8.87. The van der Waals surface area contributed by atoms with Gasteiger partial charge in [0, 0.05) is 10.6 Å². The summed E-state index contributed by atoms with van der Waals surface area (Å²) in [5, 5.41) is 2.42. The van der Waals surface area contributed by atoms with Gasteiger partial charge in [0.25, 0.3) is 11.7 Å². The number of ether oxygens (including phenoxy) is 1. The van der Waals surface area contributed by atoms with Crippen LogP contribution in [0.25, 0.3) is 0 Å². The van der Waals surface area contributed by atoms with E-state index in [9.17, 15) is 26.8 Å². The molecule has 7 nitrogen and oxygen atoms in total. The molecule has 0 aliphatic carbocycles. The Morgan fingerprint density at radius 3 is 2.57 bits per heavy atom. The highest BCUT2D eigenvalue weighted by atomic mass is 32.2. The van der Waals surface area contributed by atoms with Gasteiger partial charge < -0.3 is 10.1 Å². The molecule has 0 bridgehead atoms. The summed E-state index contributed by atoms with van der Waals surface area (Å²) < 4.78 is 56.2. The van der Waals surface area contributed by atoms with E-state index in [4.69, 9.17) is 4.74 Å². The van der Waals surface area contributed by atoms with Crippen LogP contribution in [0.3, 0.4) is 0 Å². The van der Waals surface area contributed by atoms with E-state index in [1.165, 1.54) is 36.4 Å². The van der Waals surface area contributed by atoms with Gasteiger partial charge in [-0.2, -0.15) is 8.78 Å². The van der Waals surface area contributed by atoms with Crippen LogP contribution in [-0.2, 0) is 19.6 Å². The van der Waals surface area contributed by atoms with Crippen molar-refractivity contribution in [2.24, 2.45) is 0 Å². The van der Waals surface area contributed by atoms with Gasteiger partial charge in [0.2, 0.25) is 10.0 Å². The summed E-state index contributed by atoms with van der Waals surface area (Å²) in [6, 6.07) is 11.7. The Balaban J connectivity index is 1.96. The quantitative estimate of drug-likeness (QED) is 0.413. The fourth-order valence-electron chi connectivity index (χ4n) is 2.38. The minimum atomic E-state index is -3.52. The lowest BCUT2D eigenvalue weighted by molar-refractivity contribution is -0.119. The van der Waals surface area contributed by atoms with Crippen molar-refractivity contribution in [3.8, 4) is 0 Å². The summed E-state index contributed by atoms with van der Waals surface area (Å²) >= 11 is 0.286. The van der Waals surface area contributed by atoms with Crippen LogP contribution in [0.1, 0.15) is 23.7 Å². The van der Waals surface area contributed by atoms with E-state index in [1.807, 2.05) is 0 Å². The Morgan fingerprint density at radius 2 is 1.87 bits per heavy atom. The number of carbonyl (C=O) groups is 2. The number of amides is 1. The van der Waals surface area contributed by atoms with Gasteiger partial charge in [-0.05, 0) is 36.8 Å². The van der Waals surface area contributed by atoms with Crippen LogP contribution in [0.15, 0.2) is 53.4 Å². The average molecular weight is 459 g/mol. The first kappa shape index (κ1) is 23.6. The number of alkyl halides is 2. The zero-order valence-electron chi connectivity index (χ0n) is 15.9. The van der Waals surface area contributed by atoms with Crippen LogP contribution in [-0.4, -0.2) is 38.4 Å². The smallest absolute Gasteiger partial charge is 0.338 e. The van der Waals surface area contributed by atoms with E-state index in [0.717, 1.165) is 0 Å². The summed E-state index contributed by atoms with van der Waals surface area (Å²) in [6.45, 7) is 1.08. The zero-order valence-corrected chi connectivity index (χ0v) is 17.6. The van der Waals surface area contributed by atoms with Gasteiger partial charge in [0.05, 0.1) is 17.0 Å². The molecule has 2 N–H and O–H groups in total. The highest BCUT2D eigenvalue weighted by molar-refractivity contribution is 7.99. The summed E-state index contributed by atoms with van der Waals surface area (Å²) in [7, 11) is -3.52. The summed E-state index contributed by atoms with van der Waals surface area (Å²) in [5.41, 5.74) is 0.421. The molecule has 0 aromatic heterocycles. The van der Waals surface area contributed by atoms with Crippen LogP contribution < -0.4 is 10.0 Å². The Bertz CT molecular complexity index is 1000. The molecule has 0 saturated heterocycles. The predicted molar refractivity (Wildman–Crippen MR) is 111 cm³/mol. The van der Waals surface area contributed by atoms with E-state index in [0.29, 0.717) is 6.42 Å². The Morgan fingerprint density at radius 1 is 1.13 bits per heavy atom. The third-order valence-electron chi connectivity index (χ3n) is 3.56. The molecule has 0 unspecified atom stereocenters. The van der Waals surface area contributed by atoms with Gasteiger partial charge in [0.1, 0.15) is 0 Å². The third kappa shape index (κ3) is 7.64. The first-order valence-corrected chi connectivity index (χ1v) is 11.3. The van der Waals surface area contributed by atoms with Crippen molar-refractivity contribution in [2.45, 2.75) is 24.0 Å². The molecule has 2 aromatic carbocycles. The number of rotatable bonds is 10. The SMILES string of the molecule is CCCS(=O)(=O)Nc1cccc(C(=O)OCC(=O)Nc2ccccc2SC(F)F)c1. The zero-order chi connectivity index (χ0) is 22.1. The molecule has 0 aliphatic rings. The Kier molecular flexibility index (Phi) is 8.60. The van der Waals surface area contributed by atoms with Crippen molar-refractivity contribution in [3.05, 3.63) is 54.1 Å². The number of hydrogen-bond donors (Lipinski definition) is 2. The van der Waals surface area contributed by atoms with Crippen LogP contribution in [0.5, 0.6) is 0 Å². The Hall–Kier alpha value is -2.66. The van der Waals surface area contributed by atoms with E-state index in [-0.39, 0.29) is 39.3 Å². The van der Waals surface area contributed by atoms with Gasteiger partial charge in [0.15, 0.2) is 6.61 Å². The van der Waals surface area contributed by atoms with Crippen LogP contribution in [0.2, 0.25) is 0 Å². The number of sulfonamides is 1. The van der Waals surface area contributed by atoms with Gasteiger partial charge in [-0.1, -0.05) is 36.9 Å². The number of hydrogen-bond acceptors (Lipinski definition) is 6. The van der Waals surface area contributed by atoms with E-state index >= 15 is 0 Å². The lowest BCUT2D eigenvalue weighted by Gasteiger charge is -2.11. The first-order chi connectivity index (χ1) is 14.2. The molecule has 0 radical (unpaired) electrons. The fraction of sp³-hybridized carbons (Fsp3) is 0.263. The molecule has 0 fully saturated rings. The first-order valence-electron chi connectivity index (χ1n) is 8.81. The lowest BCUT2D eigenvalue weighted by Crippen LogP contribution is -2.21. The standard InChI is InChI=1S/C19H20F2N2O5S2/c1-2-10-30(26,27)23-14-7-5-6-13(11-14)18(25)28-12-17(24)22-15-8-3-4-9-16(15)29-19(20)21/h3-9,11,19,23H,2,10,12H2,1H3,(H,22,24). The van der Waals surface area contributed by atoms with Crippen LogP contribution in [0.4, 0.5) is 20.2 Å². The molecule has 0 atom stereocenters. The van der Waals surface area contributed by atoms with Gasteiger partial charge in [-0.3, -0.25) is 9.52 Å². The van der Waals surface area contributed by atoms with Crippen molar-refractivity contribution in [2.75, 3.05) is 22.4 Å². The third-order valence-corrected chi connectivity index (χ3v) is 5.84. The van der Waals surface area contributed by atoms with Crippen molar-refractivity contribution < 1.29 is 31.5 Å². The minimum Gasteiger partial charge on any atom is -0.452 e. The molecule has 0 heterocycles. The fourth-order valence-corrected chi connectivity index (χ4v) is 4.10. The number of carbonyl (C=O) groups excluding carboxylic acids is 2. The van der Waals surface area contributed by atoms with Gasteiger partial charge in [-0.15, -0.1) is 0 Å². The summed E-state index contributed by atoms with van der Waals surface area (Å²) in [6.07, 6.45) is 0.436. The molecular weight excluding hydrogens is 438 g/mol. The number of thioether (sulfide) groups is 1. The van der Waals surface area contributed by atoms with Crippen molar-refractivity contribution in [1.82, 2.24) is 0 Å². The molecule has 11 heteroatoms. The molecule has 2 rings (SSSR count). The number of nitrogens with one attached hydrogen (secondary N) is 2. The van der Waals surface area contributed by atoms with Crippen LogP contribution >= 0.6 is 11.8 Å². The summed E-state index contributed by atoms with van der Waals surface area (Å²) in [5.74, 6) is -4.25. The highest BCUT2D eigenvalue weighted by Crippen LogP contribution is 2.31. The normalized spacial score (nSPS) is 11.2. The Labute approximate surface area is 177 Å². The highest BCUT2D eigenvalue weighted by Gasteiger charge is 2.15. The molecule has 162 valence electrons. The number of halogens is 2. The number of para-hydroxylation sites is 1. The lowest BCUT2D eigenvalue weighted by atomic mass is 10.2. The van der Waals surface area contributed by atoms with Crippen molar-refractivity contribution >= 4 is 45.0 Å². The number of benzene rings is 2. The molecule has 2 aromatic rings. The van der Waals surface area contributed by atoms with Crippen molar-refractivity contribution in [3.63, 3.8) is 0 Å². The second-order valence-electron chi connectivity index (χ2n) is 6.00. The molecular formula is C19H20F2N2O5S2. The molecule has 0 saturated carbocycles. The monoisotopic (exact) mass is 458 g/mol. The molecule has 1 amide bonds. The summed E-state index contributed by atoms with van der Waals surface area (Å²) in [4.78, 5) is 24.4. The maximum Gasteiger partial charge on any atom is 0.338 e. The molecule has 0 aliphatic heterocycles. The predicted octanol–water partition coefficient (Wildman–Crippen LogP) is 3.95. The largest absolute Gasteiger partial charge is 0.452 e. The minimum absolute atomic E-state index is 0.0492.